The van der Waals surface area contributed by atoms with E-state index in [9.17, 15) is 4.79 Å². The Kier molecular flexibility index (Phi) is 5.12. The van der Waals surface area contributed by atoms with Crippen molar-refractivity contribution in [3.63, 3.8) is 0 Å². The maximum Gasteiger partial charge on any atom is 0.230 e. The number of hydrogen-bond acceptors (Lipinski definition) is 3. The van der Waals surface area contributed by atoms with Crippen molar-refractivity contribution >= 4 is 5.91 Å². The average Bonchev–Trinajstić information content (AvgIpc) is 2.62. The molecule has 2 aliphatic rings. The third kappa shape index (κ3) is 3.74. The van der Waals surface area contributed by atoms with E-state index in [1.807, 2.05) is 32.0 Å². The zero-order valence-electron chi connectivity index (χ0n) is 14.7. The Hall–Kier alpha value is -1.97. The molecule has 0 spiro atoms. The van der Waals surface area contributed by atoms with Gasteiger partial charge in [0, 0.05) is 6.54 Å². The van der Waals surface area contributed by atoms with Gasteiger partial charge in [0.15, 0.2) is 11.5 Å². The molecule has 1 amide bonds. The monoisotopic (exact) mass is 329 g/mol. The van der Waals surface area contributed by atoms with E-state index in [0.717, 1.165) is 23.5 Å². The number of allylic oxidation sites excluding steroid dienone is 1. The third-order valence-corrected chi connectivity index (χ3v) is 4.95. The highest BCUT2D eigenvalue weighted by Crippen LogP contribution is 2.35. The Morgan fingerprint density at radius 3 is 2.71 bits per heavy atom. The Labute approximate surface area is 144 Å². The van der Waals surface area contributed by atoms with Gasteiger partial charge >= 0.3 is 0 Å². The molecule has 1 aromatic rings. The first-order valence-corrected chi connectivity index (χ1v) is 8.94. The molecule has 0 fully saturated rings. The SMILES string of the molecule is CC(C)(C(=O)NCCC1=CCCCC1)c1ccc2c(c1)OCCO2. The zero-order valence-corrected chi connectivity index (χ0v) is 14.7. The molecule has 0 radical (unpaired) electrons. The normalized spacial score (nSPS) is 17.2. The van der Waals surface area contributed by atoms with Crippen molar-refractivity contribution in [3.8, 4) is 11.5 Å². The first-order valence-electron chi connectivity index (χ1n) is 8.94. The minimum atomic E-state index is -0.600. The quantitative estimate of drug-likeness (QED) is 0.837. The number of hydrogen-bond donors (Lipinski definition) is 1. The van der Waals surface area contributed by atoms with Crippen LogP contribution in [0.15, 0.2) is 29.8 Å². The number of rotatable bonds is 5. The van der Waals surface area contributed by atoms with Crippen molar-refractivity contribution < 1.29 is 14.3 Å². The van der Waals surface area contributed by atoms with Gasteiger partial charge in [0.2, 0.25) is 5.91 Å². The number of carbonyl (C=O) groups excluding carboxylic acids is 1. The molecule has 0 atom stereocenters. The van der Waals surface area contributed by atoms with Crippen LogP contribution in [-0.2, 0) is 10.2 Å². The molecule has 1 heterocycles. The molecule has 1 aliphatic carbocycles. The van der Waals surface area contributed by atoms with E-state index in [-0.39, 0.29) is 5.91 Å². The molecular weight excluding hydrogens is 302 g/mol. The molecule has 1 aromatic carbocycles. The van der Waals surface area contributed by atoms with E-state index in [2.05, 4.69) is 11.4 Å². The summed E-state index contributed by atoms with van der Waals surface area (Å²) >= 11 is 0. The average molecular weight is 329 g/mol. The van der Waals surface area contributed by atoms with Crippen molar-refractivity contribution in [3.05, 3.63) is 35.4 Å². The molecule has 0 bridgehead atoms. The number of benzene rings is 1. The van der Waals surface area contributed by atoms with Crippen LogP contribution in [-0.4, -0.2) is 25.7 Å². The van der Waals surface area contributed by atoms with E-state index >= 15 is 0 Å². The number of ether oxygens (including phenoxy) is 2. The third-order valence-electron chi connectivity index (χ3n) is 4.95. The summed E-state index contributed by atoms with van der Waals surface area (Å²) in [6.45, 7) is 5.74. The largest absolute Gasteiger partial charge is 0.486 e. The summed E-state index contributed by atoms with van der Waals surface area (Å²) in [4.78, 5) is 12.7. The summed E-state index contributed by atoms with van der Waals surface area (Å²) in [7, 11) is 0. The molecule has 3 rings (SSSR count). The van der Waals surface area contributed by atoms with Crippen LogP contribution in [0.3, 0.4) is 0 Å². The molecular formula is C20H27NO3. The van der Waals surface area contributed by atoms with Gasteiger partial charge in [-0.25, -0.2) is 0 Å². The molecule has 24 heavy (non-hydrogen) atoms. The molecule has 130 valence electrons. The number of amides is 1. The molecule has 1 N–H and O–H groups in total. The van der Waals surface area contributed by atoms with Crippen molar-refractivity contribution in [2.24, 2.45) is 0 Å². The van der Waals surface area contributed by atoms with Crippen molar-refractivity contribution in [1.29, 1.82) is 0 Å². The summed E-state index contributed by atoms with van der Waals surface area (Å²) < 4.78 is 11.2. The predicted octanol–water partition coefficient (Wildman–Crippen LogP) is 3.74. The van der Waals surface area contributed by atoms with Crippen LogP contribution in [0.5, 0.6) is 11.5 Å². The van der Waals surface area contributed by atoms with Gasteiger partial charge < -0.3 is 14.8 Å². The molecule has 4 heteroatoms. The number of carbonyl (C=O) groups is 1. The fourth-order valence-electron chi connectivity index (χ4n) is 3.25. The molecule has 0 aromatic heterocycles. The van der Waals surface area contributed by atoms with E-state index in [4.69, 9.17) is 9.47 Å². The van der Waals surface area contributed by atoms with Gasteiger partial charge in [0.1, 0.15) is 13.2 Å². The Morgan fingerprint density at radius 2 is 1.96 bits per heavy atom. The molecule has 0 saturated carbocycles. The number of nitrogens with one attached hydrogen (secondary N) is 1. The topological polar surface area (TPSA) is 47.6 Å². The first-order chi connectivity index (χ1) is 11.6. The molecule has 0 saturated heterocycles. The number of fused-ring (bicyclic) bond motifs is 1. The van der Waals surface area contributed by atoms with Gasteiger partial charge in [0.05, 0.1) is 5.41 Å². The summed E-state index contributed by atoms with van der Waals surface area (Å²) in [5, 5.41) is 3.10. The molecule has 1 aliphatic heterocycles. The Balaban J connectivity index is 1.61. The van der Waals surface area contributed by atoms with E-state index < -0.39 is 5.41 Å². The first kappa shape index (κ1) is 16.9. The van der Waals surface area contributed by atoms with Crippen LogP contribution < -0.4 is 14.8 Å². The fourth-order valence-corrected chi connectivity index (χ4v) is 3.25. The Bertz CT molecular complexity index is 634. The Morgan fingerprint density at radius 1 is 1.17 bits per heavy atom. The van der Waals surface area contributed by atoms with Gasteiger partial charge in [-0.15, -0.1) is 0 Å². The van der Waals surface area contributed by atoms with Gasteiger partial charge in [-0.05, 0) is 63.6 Å². The summed E-state index contributed by atoms with van der Waals surface area (Å²) in [5.74, 6) is 1.54. The van der Waals surface area contributed by atoms with Gasteiger partial charge in [-0.1, -0.05) is 17.7 Å². The lowest BCUT2D eigenvalue weighted by Crippen LogP contribution is -2.40. The van der Waals surface area contributed by atoms with Crippen LogP contribution in [0.25, 0.3) is 0 Å². The van der Waals surface area contributed by atoms with E-state index in [1.165, 1.54) is 31.3 Å². The van der Waals surface area contributed by atoms with Crippen LogP contribution in [0.1, 0.15) is 51.5 Å². The smallest absolute Gasteiger partial charge is 0.230 e. The maximum atomic E-state index is 12.7. The van der Waals surface area contributed by atoms with Gasteiger partial charge in [0.25, 0.3) is 0 Å². The summed E-state index contributed by atoms with van der Waals surface area (Å²) in [5.41, 5.74) is 1.83. The van der Waals surface area contributed by atoms with Crippen LogP contribution in [0.2, 0.25) is 0 Å². The highest BCUT2D eigenvalue weighted by Gasteiger charge is 2.31. The lowest BCUT2D eigenvalue weighted by molar-refractivity contribution is -0.125. The van der Waals surface area contributed by atoms with Crippen molar-refractivity contribution in [2.75, 3.05) is 19.8 Å². The molecule has 0 unspecified atom stereocenters. The standard InChI is InChI=1S/C20H27NO3/c1-20(2,16-8-9-17-18(14-16)24-13-12-23-17)19(22)21-11-10-15-6-4-3-5-7-15/h6,8-9,14H,3-5,7,10-13H2,1-2H3,(H,21,22). The second-order valence-electron chi connectivity index (χ2n) is 7.10. The van der Waals surface area contributed by atoms with E-state index in [1.54, 1.807) is 0 Å². The van der Waals surface area contributed by atoms with Crippen molar-refractivity contribution in [1.82, 2.24) is 5.32 Å². The highest BCUT2D eigenvalue weighted by molar-refractivity contribution is 5.87. The predicted molar refractivity (Wildman–Crippen MR) is 94.6 cm³/mol. The lowest BCUT2D eigenvalue weighted by atomic mass is 9.83. The van der Waals surface area contributed by atoms with Crippen LogP contribution >= 0.6 is 0 Å². The van der Waals surface area contributed by atoms with Crippen molar-refractivity contribution in [2.45, 2.75) is 51.4 Å². The summed E-state index contributed by atoms with van der Waals surface area (Å²) in [6.07, 6.45) is 8.24. The second kappa shape index (κ2) is 7.29. The lowest BCUT2D eigenvalue weighted by Gasteiger charge is -2.27. The minimum Gasteiger partial charge on any atom is -0.486 e. The highest BCUT2D eigenvalue weighted by atomic mass is 16.6. The zero-order chi connectivity index (χ0) is 17.0. The maximum absolute atomic E-state index is 12.7. The van der Waals surface area contributed by atoms with Crippen LogP contribution in [0, 0.1) is 0 Å². The summed E-state index contributed by atoms with van der Waals surface area (Å²) in [6, 6.07) is 5.78. The van der Waals surface area contributed by atoms with Gasteiger partial charge in [-0.3, -0.25) is 4.79 Å². The fraction of sp³-hybridized carbons (Fsp3) is 0.550. The second-order valence-corrected chi connectivity index (χ2v) is 7.10. The molecule has 4 nitrogen and oxygen atoms in total. The minimum absolute atomic E-state index is 0.0515. The van der Waals surface area contributed by atoms with Crippen LogP contribution in [0.4, 0.5) is 0 Å². The van der Waals surface area contributed by atoms with E-state index in [0.29, 0.717) is 19.8 Å². The van der Waals surface area contributed by atoms with Gasteiger partial charge in [-0.2, -0.15) is 0 Å².